The quantitative estimate of drug-likeness (QED) is 0.532. The summed E-state index contributed by atoms with van der Waals surface area (Å²) in [5, 5.41) is 14.7. The van der Waals surface area contributed by atoms with Gasteiger partial charge in [-0.25, -0.2) is 0 Å². The van der Waals surface area contributed by atoms with E-state index in [1.807, 2.05) is 23.1 Å². The minimum atomic E-state index is -0.572. The van der Waals surface area contributed by atoms with Gasteiger partial charge >= 0.3 is 0 Å². The van der Waals surface area contributed by atoms with Crippen LogP contribution in [0.2, 0.25) is 5.02 Å². The summed E-state index contributed by atoms with van der Waals surface area (Å²) in [6, 6.07) is 9.70. The fraction of sp³-hybridized carbons (Fsp3) is 0.346. The standard InChI is InChI=1S/C26H22ClN3O2S/c27-17-9-5-4-7-14(17)21-16(13-28)24-29-25(32)22-15-8-2-1-3-12-20(15)33-26(22)30(24)18-10-6-11-19(31)23(18)21/h4-5,7,9,21H,1-3,6,8,10-12H2,(H,29,32). The van der Waals surface area contributed by atoms with Crippen molar-refractivity contribution in [3.63, 3.8) is 0 Å². The number of hydrogen-bond acceptors (Lipinski definition) is 5. The predicted octanol–water partition coefficient (Wildman–Crippen LogP) is 5.76. The topological polar surface area (TPSA) is 73.2 Å². The van der Waals surface area contributed by atoms with Gasteiger partial charge in [-0.2, -0.15) is 5.26 Å². The molecule has 166 valence electrons. The summed E-state index contributed by atoms with van der Waals surface area (Å²) in [6.45, 7) is 0. The van der Waals surface area contributed by atoms with E-state index >= 15 is 0 Å². The third kappa shape index (κ3) is 3.03. The minimum absolute atomic E-state index is 0.0598. The Morgan fingerprint density at radius 3 is 2.70 bits per heavy atom. The third-order valence-corrected chi connectivity index (χ3v) is 8.78. The average Bonchev–Trinajstić information content (AvgIpc) is 3.02. The number of halogens is 1. The number of fused-ring (bicyclic) bond motifs is 6. The number of Topliss-reactive ketones (excluding diaryl/α,β-unsaturated/α-hetero) is 1. The van der Waals surface area contributed by atoms with Crippen molar-refractivity contribution in [2.45, 2.75) is 57.3 Å². The average molecular weight is 476 g/mol. The molecule has 0 fully saturated rings. The van der Waals surface area contributed by atoms with Crippen LogP contribution in [0, 0.1) is 11.3 Å². The van der Waals surface area contributed by atoms with Gasteiger partial charge in [0.25, 0.3) is 5.91 Å². The number of nitrogens with zero attached hydrogens (tertiary/aromatic N) is 2. The molecule has 2 aromatic rings. The molecule has 6 rings (SSSR count). The molecule has 3 heterocycles. The third-order valence-electron chi connectivity index (χ3n) is 7.16. The molecule has 1 aromatic heterocycles. The number of amides is 1. The molecular weight excluding hydrogens is 454 g/mol. The molecule has 33 heavy (non-hydrogen) atoms. The number of carbonyl (C=O) groups excluding carboxylic acids is 2. The van der Waals surface area contributed by atoms with Crippen molar-refractivity contribution in [3.8, 4) is 6.07 Å². The number of ketones is 1. The molecule has 0 bridgehead atoms. The number of thiophene rings is 1. The summed E-state index contributed by atoms with van der Waals surface area (Å²) in [4.78, 5) is 30.0. The Morgan fingerprint density at radius 1 is 1.06 bits per heavy atom. The van der Waals surface area contributed by atoms with Gasteiger partial charge in [0.15, 0.2) is 5.78 Å². The smallest absolute Gasteiger partial charge is 0.260 e. The van der Waals surface area contributed by atoms with Crippen molar-refractivity contribution in [1.29, 1.82) is 5.26 Å². The monoisotopic (exact) mass is 475 g/mol. The lowest BCUT2D eigenvalue weighted by Gasteiger charge is -2.42. The molecule has 5 nitrogen and oxygen atoms in total. The number of benzene rings is 1. The van der Waals surface area contributed by atoms with Crippen LogP contribution in [0.3, 0.4) is 0 Å². The van der Waals surface area contributed by atoms with E-state index in [2.05, 4.69) is 11.4 Å². The van der Waals surface area contributed by atoms with Gasteiger partial charge in [0.05, 0.1) is 23.1 Å². The van der Waals surface area contributed by atoms with Crippen LogP contribution in [0.5, 0.6) is 0 Å². The molecule has 1 aromatic carbocycles. The number of anilines is 1. The summed E-state index contributed by atoms with van der Waals surface area (Å²) < 4.78 is 0. The van der Waals surface area contributed by atoms with Crippen molar-refractivity contribution in [2.24, 2.45) is 0 Å². The lowest BCUT2D eigenvalue weighted by Crippen LogP contribution is -2.46. The molecule has 2 aliphatic heterocycles. The van der Waals surface area contributed by atoms with Gasteiger partial charge in [-0.3, -0.25) is 14.5 Å². The molecule has 1 amide bonds. The zero-order valence-corrected chi connectivity index (χ0v) is 19.6. The maximum atomic E-state index is 13.4. The minimum Gasteiger partial charge on any atom is -0.307 e. The molecule has 4 aliphatic rings. The van der Waals surface area contributed by atoms with E-state index in [1.54, 1.807) is 17.4 Å². The van der Waals surface area contributed by atoms with Crippen molar-refractivity contribution in [3.05, 3.63) is 73.5 Å². The fourth-order valence-corrected chi connectivity index (χ4v) is 7.38. The number of aryl methyl sites for hydroxylation is 1. The Labute approximate surface area is 201 Å². The van der Waals surface area contributed by atoms with Gasteiger partial charge in [0.1, 0.15) is 10.8 Å². The summed E-state index contributed by atoms with van der Waals surface area (Å²) in [6.07, 6.45) is 7.20. The first-order valence-corrected chi connectivity index (χ1v) is 12.7. The second kappa shape index (κ2) is 7.86. The summed E-state index contributed by atoms with van der Waals surface area (Å²) >= 11 is 8.22. The predicted molar refractivity (Wildman–Crippen MR) is 128 cm³/mol. The zero-order chi connectivity index (χ0) is 22.7. The van der Waals surface area contributed by atoms with E-state index < -0.39 is 5.92 Å². The summed E-state index contributed by atoms with van der Waals surface area (Å²) in [5.74, 6) is -0.167. The fourth-order valence-electron chi connectivity index (χ4n) is 5.72. The van der Waals surface area contributed by atoms with Crippen molar-refractivity contribution >= 4 is 39.6 Å². The van der Waals surface area contributed by atoms with E-state index in [-0.39, 0.29) is 11.7 Å². The summed E-state index contributed by atoms with van der Waals surface area (Å²) in [5.41, 5.74) is 4.55. The van der Waals surface area contributed by atoms with Gasteiger partial charge in [-0.15, -0.1) is 11.3 Å². The summed E-state index contributed by atoms with van der Waals surface area (Å²) in [7, 11) is 0. The Bertz CT molecular complexity index is 1330. The number of hydrogen-bond donors (Lipinski definition) is 1. The SMILES string of the molecule is N#CC1=C2NC(=O)c3c(sc4c3CCCCC4)N2C2=C(C(=O)CCC2)C1c1ccccc1Cl. The normalized spacial score (nSPS) is 22.1. The molecule has 1 atom stereocenters. The Morgan fingerprint density at radius 2 is 1.88 bits per heavy atom. The Balaban J connectivity index is 1.63. The maximum absolute atomic E-state index is 13.4. The molecule has 1 N–H and O–H groups in total. The highest BCUT2D eigenvalue weighted by molar-refractivity contribution is 7.17. The van der Waals surface area contributed by atoms with Gasteiger partial charge < -0.3 is 5.32 Å². The van der Waals surface area contributed by atoms with E-state index in [0.717, 1.165) is 65.9 Å². The van der Waals surface area contributed by atoms with Crippen LogP contribution in [0.1, 0.15) is 70.8 Å². The van der Waals surface area contributed by atoms with Crippen LogP contribution in [0.4, 0.5) is 5.00 Å². The zero-order valence-electron chi connectivity index (χ0n) is 18.0. The number of nitriles is 1. The van der Waals surface area contributed by atoms with E-state index in [1.165, 1.54) is 11.3 Å². The molecule has 1 unspecified atom stereocenters. The van der Waals surface area contributed by atoms with Gasteiger partial charge in [-0.05, 0) is 55.7 Å². The van der Waals surface area contributed by atoms with Crippen molar-refractivity contribution in [1.82, 2.24) is 5.32 Å². The number of rotatable bonds is 1. The van der Waals surface area contributed by atoms with Gasteiger partial charge in [0, 0.05) is 27.6 Å². The molecule has 7 heteroatoms. The number of nitrogens with one attached hydrogen (secondary N) is 1. The largest absolute Gasteiger partial charge is 0.307 e. The van der Waals surface area contributed by atoms with Crippen LogP contribution in [-0.2, 0) is 17.6 Å². The molecular formula is C26H22ClN3O2S. The molecule has 0 saturated heterocycles. The second-order valence-electron chi connectivity index (χ2n) is 9.00. The molecule has 0 radical (unpaired) electrons. The maximum Gasteiger partial charge on any atom is 0.260 e. The molecule has 2 aliphatic carbocycles. The Hall–Kier alpha value is -2.88. The highest BCUT2D eigenvalue weighted by Gasteiger charge is 2.46. The van der Waals surface area contributed by atoms with E-state index in [9.17, 15) is 14.9 Å². The first-order chi connectivity index (χ1) is 16.1. The molecule has 0 spiro atoms. The lowest BCUT2D eigenvalue weighted by molar-refractivity contribution is -0.116. The lowest BCUT2D eigenvalue weighted by atomic mass is 9.75. The van der Waals surface area contributed by atoms with Crippen molar-refractivity contribution < 1.29 is 9.59 Å². The van der Waals surface area contributed by atoms with Gasteiger partial charge in [0.2, 0.25) is 0 Å². The number of carbonyl (C=O) groups is 2. The van der Waals surface area contributed by atoms with Gasteiger partial charge in [-0.1, -0.05) is 36.2 Å². The highest BCUT2D eigenvalue weighted by Crippen LogP contribution is 2.52. The van der Waals surface area contributed by atoms with Crippen LogP contribution < -0.4 is 10.2 Å². The highest BCUT2D eigenvalue weighted by atomic mass is 35.5. The van der Waals surface area contributed by atoms with Crippen LogP contribution in [0.15, 0.2) is 46.9 Å². The van der Waals surface area contributed by atoms with Crippen LogP contribution in [-0.4, -0.2) is 11.7 Å². The molecule has 0 saturated carbocycles. The van der Waals surface area contributed by atoms with Crippen LogP contribution in [0.25, 0.3) is 0 Å². The van der Waals surface area contributed by atoms with E-state index in [4.69, 9.17) is 11.6 Å². The van der Waals surface area contributed by atoms with Crippen molar-refractivity contribution in [2.75, 3.05) is 4.90 Å². The second-order valence-corrected chi connectivity index (χ2v) is 10.5. The first-order valence-electron chi connectivity index (χ1n) is 11.5. The number of allylic oxidation sites excluding steroid dienone is 3. The first kappa shape index (κ1) is 20.7. The van der Waals surface area contributed by atoms with Crippen LogP contribution >= 0.6 is 22.9 Å². The van der Waals surface area contributed by atoms with E-state index in [0.29, 0.717) is 28.4 Å². The Kier molecular flexibility index (Phi) is 4.93.